The SMILES string of the molecule is Cc1cc(C(=O)[O-])c2cc(Br)cc(C)c2n1. The monoisotopic (exact) mass is 278 g/mol. The van der Waals surface area contributed by atoms with Gasteiger partial charge >= 0.3 is 0 Å². The summed E-state index contributed by atoms with van der Waals surface area (Å²) in [5.41, 5.74) is 2.52. The van der Waals surface area contributed by atoms with E-state index in [1.807, 2.05) is 13.0 Å². The van der Waals surface area contributed by atoms with E-state index in [0.29, 0.717) is 16.6 Å². The van der Waals surface area contributed by atoms with Crippen molar-refractivity contribution in [1.29, 1.82) is 0 Å². The molecule has 0 atom stereocenters. The van der Waals surface area contributed by atoms with Gasteiger partial charge in [0.25, 0.3) is 0 Å². The number of aromatic nitrogens is 1. The summed E-state index contributed by atoms with van der Waals surface area (Å²) < 4.78 is 0.839. The number of hydrogen-bond acceptors (Lipinski definition) is 3. The average Bonchev–Trinajstić information content (AvgIpc) is 2.18. The van der Waals surface area contributed by atoms with E-state index in [2.05, 4.69) is 20.9 Å². The molecular weight excluding hydrogens is 270 g/mol. The maximum atomic E-state index is 11.0. The van der Waals surface area contributed by atoms with Gasteiger partial charge in [0, 0.05) is 21.1 Å². The van der Waals surface area contributed by atoms with Gasteiger partial charge in [0.1, 0.15) is 0 Å². The number of fused-ring (bicyclic) bond motifs is 1. The number of benzene rings is 1. The fourth-order valence-electron chi connectivity index (χ4n) is 1.75. The molecule has 2 aromatic rings. The number of halogens is 1. The molecule has 0 amide bonds. The van der Waals surface area contributed by atoms with E-state index in [0.717, 1.165) is 10.0 Å². The molecule has 0 spiro atoms. The van der Waals surface area contributed by atoms with Gasteiger partial charge < -0.3 is 9.90 Å². The minimum Gasteiger partial charge on any atom is -0.545 e. The van der Waals surface area contributed by atoms with Gasteiger partial charge in [-0.15, -0.1) is 0 Å². The number of aromatic carboxylic acids is 1. The third-order valence-electron chi connectivity index (χ3n) is 2.42. The average molecular weight is 279 g/mol. The summed E-state index contributed by atoms with van der Waals surface area (Å²) in [6, 6.07) is 5.19. The van der Waals surface area contributed by atoms with Crippen LogP contribution in [0, 0.1) is 13.8 Å². The number of aryl methyl sites for hydroxylation is 2. The highest BCUT2D eigenvalue weighted by Gasteiger charge is 2.08. The Bertz CT molecular complexity index is 593. The Hall–Kier alpha value is -1.42. The Morgan fingerprint density at radius 2 is 2.00 bits per heavy atom. The first-order valence-corrected chi connectivity index (χ1v) is 5.57. The minimum atomic E-state index is -1.17. The molecule has 1 heterocycles. The fourth-order valence-corrected chi connectivity index (χ4v) is 2.33. The summed E-state index contributed by atoms with van der Waals surface area (Å²) in [6.45, 7) is 3.67. The Balaban J connectivity index is 2.95. The van der Waals surface area contributed by atoms with Crippen LogP contribution in [0.4, 0.5) is 0 Å². The summed E-state index contributed by atoms with van der Waals surface area (Å²) in [7, 11) is 0. The van der Waals surface area contributed by atoms with Crippen LogP contribution in [0.3, 0.4) is 0 Å². The molecule has 0 saturated heterocycles. The highest BCUT2D eigenvalue weighted by molar-refractivity contribution is 9.10. The summed E-state index contributed by atoms with van der Waals surface area (Å²) in [5.74, 6) is -1.17. The molecule has 0 unspecified atom stereocenters. The van der Waals surface area contributed by atoms with Crippen LogP contribution in [0.15, 0.2) is 22.7 Å². The van der Waals surface area contributed by atoms with Crippen LogP contribution in [-0.2, 0) is 0 Å². The Kier molecular flexibility index (Phi) is 2.68. The second-order valence-corrected chi connectivity index (χ2v) is 4.63. The number of carbonyl (C=O) groups excluding carboxylic acids is 1. The van der Waals surface area contributed by atoms with Crippen LogP contribution >= 0.6 is 15.9 Å². The first-order valence-electron chi connectivity index (χ1n) is 4.78. The van der Waals surface area contributed by atoms with Crippen molar-refractivity contribution >= 4 is 32.8 Å². The number of carboxylic acid groups (broad SMARTS) is 1. The number of pyridine rings is 1. The van der Waals surface area contributed by atoms with Crippen molar-refractivity contribution in [2.24, 2.45) is 0 Å². The van der Waals surface area contributed by atoms with E-state index in [4.69, 9.17) is 0 Å². The van der Waals surface area contributed by atoms with Crippen molar-refractivity contribution < 1.29 is 9.90 Å². The predicted molar refractivity (Wildman–Crippen MR) is 63.2 cm³/mol. The maximum Gasteiger partial charge on any atom is 0.0741 e. The van der Waals surface area contributed by atoms with Gasteiger partial charge in [0.15, 0.2) is 0 Å². The van der Waals surface area contributed by atoms with E-state index >= 15 is 0 Å². The van der Waals surface area contributed by atoms with Crippen molar-refractivity contribution in [2.75, 3.05) is 0 Å². The van der Waals surface area contributed by atoms with Crippen LogP contribution in [0.25, 0.3) is 10.9 Å². The Labute approximate surface area is 101 Å². The van der Waals surface area contributed by atoms with Crippen molar-refractivity contribution in [3.63, 3.8) is 0 Å². The van der Waals surface area contributed by atoms with E-state index in [9.17, 15) is 9.90 Å². The van der Waals surface area contributed by atoms with Crippen molar-refractivity contribution in [3.05, 3.63) is 39.5 Å². The highest BCUT2D eigenvalue weighted by atomic mass is 79.9. The van der Waals surface area contributed by atoms with Gasteiger partial charge in [0.05, 0.1) is 11.5 Å². The lowest BCUT2D eigenvalue weighted by Crippen LogP contribution is -2.23. The largest absolute Gasteiger partial charge is 0.545 e. The molecule has 0 N–H and O–H groups in total. The molecule has 0 aliphatic heterocycles. The molecule has 82 valence electrons. The topological polar surface area (TPSA) is 53.0 Å². The second kappa shape index (κ2) is 3.87. The summed E-state index contributed by atoms with van der Waals surface area (Å²) >= 11 is 3.34. The van der Waals surface area contributed by atoms with Crippen LogP contribution in [0.5, 0.6) is 0 Å². The van der Waals surface area contributed by atoms with Crippen molar-refractivity contribution in [2.45, 2.75) is 13.8 Å². The van der Waals surface area contributed by atoms with E-state index in [1.165, 1.54) is 6.07 Å². The predicted octanol–water partition coefficient (Wildman–Crippen LogP) is 1.98. The molecule has 0 aliphatic rings. The van der Waals surface area contributed by atoms with Crippen LogP contribution in [0.2, 0.25) is 0 Å². The Morgan fingerprint density at radius 1 is 1.31 bits per heavy atom. The number of nitrogens with zero attached hydrogens (tertiary/aromatic N) is 1. The summed E-state index contributed by atoms with van der Waals surface area (Å²) in [4.78, 5) is 15.4. The zero-order chi connectivity index (χ0) is 11.9. The zero-order valence-corrected chi connectivity index (χ0v) is 10.5. The van der Waals surface area contributed by atoms with Gasteiger partial charge in [0.2, 0.25) is 0 Å². The molecule has 2 rings (SSSR count). The van der Waals surface area contributed by atoms with Crippen molar-refractivity contribution in [3.8, 4) is 0 Å². The van der Waals surface area contributed by atoms with E-state index in [1.54, 1.807) is 13.0 Å². The Morgan fingerprint density at radius 3 is 2.62 bits per heavy atom. The molecule has 0 radical (unpaired) electrons. The van der Waals surface area contributed by atoms with E-state index in [-0.39, 0.29) is 5.56 Å². The second-order valence-electron chi connectivity index (χ2n) is 3.72. The van der Waals surface area contributed by atoms with Gasteiger partial charge in [-0.25, -0.2) is 0 Å². The molecule has 0 aliphatic carbocycles. The van der Waals surface area contributed by atoms with Gasteiger partial charge in [-0.2, -0.15) is 0 Å². The highest BCUT2D eigenvalue weighted by Crippen LogP contribution is 2.25. The summed E-state index contributed by atoms with van der Waals surface area (Å²) in [5, 5.41) is 11.6. The number of carbonyl (C=O) groups is 1. The zero-order valence-electron chi connectivity index (χ0n) is 8.87. The van der Waals surface area contributed by atoms with Crippen LogP contribution in [-0.4, -0.2) is 11.0 Å². The normalized spacial score (nSPS) is 10.7. The molecule has 16 heavy (non-hydrogen) atoms. The third kappa shape index (κ3) is 1.80. The van der Waals surface area contributed by atoms with Gasteiger partial charge in [-0.1, -0.05) is 15.9 Å². The molecule has 1 aromatic heterocycles. The first kappa shape index (κ1) is 11.1. The lowest BCUT2D eigenvalue weighted by molar-refractivity contribution is -0.254. The first-order chi connectivity index (χ1) is 7.49. The maximum absolute atomic E-state index is 11.0. The fraction of sp³-hybridized carbons (Fsp3) is 0.167. The molecule has 0 bridgehead atoms. The molecule has 4 heteroatoms. The number of carboxylic acids is 1. The van der Waals surface area contributed by atoms with E-state index < -0.39 is 5.97 Å². The molecule has 1 aromatic carbocycles. The number of rotatable bonds is 1. The van der Waals surface area contributed by atoms with Crippen molar-refractivity contribution in [1.82, 2.24) is 4.98 Å². The summed E-state index contributed by atoms with van der Waals surface area (Å²) in [6.07, 6.45) is 0. The van der Waals surface area contributed by atoms with Gasteiger partial charge in [-0.05, 0) is 37.6 Å². The van der Waals surface area contributed by atoms with Gasteiger partial charge in [-0.3, -0.25) is 4.98 Å². The standard InChI is InChI=1S/C12H10BrNO2/c1-6-3-8(13)5-9-10(12(15)16)4-7(2)14-11(6)9/h3-5H,1-2H3,(H,15,16)/p-1. The molecular formula is C12H9BrNO2-. The smallest absolute Gasteiger partial charge is 0.0741 e. The quantitative estimate of drug-likeness (QED) is 0.802. The molecule has 3 nitrogen and oxygen atoms in total. The number of hydrogen-bond donors (Lipinski definition) is 0. The lowest BCUT2D eigenvalue weighted by Gasteiger charge is -2.10. The molecule has 0 fully saturated rings. The lowest BCUT2D eigenvalue weighted by atomic mass is 10.0. The van der Waals surface area contributed by atoms with Crippen LogP contribution < -0.4 is 5.11 Å². The third-order valence-corrected chi connectivity index (χ3v) is 2.87. The van der Waals surface area contributed by atoms with Crippen LogP contribution in [0.1, 0.15) is 21.6 Å². The minimum absolute atomic E-state index is 0.187. The molecule has 0 saturated carbocycles.